The van der Waals surface area contributed by atoms with Gasteiger partial charge in [-0.3, -0.25) is 10.1 Å². The summed E-state index contributed by atoms with van der Waals surface area (Å²) in [4.78, 5) is 21.2. The summed E-state index contributed by atoms with van der Waals surface area (Å²) in [5, 5.41) is 8.20. The number of rotatable bonds is 5. The number of H-pyrrole nitrogens is 1. The van der Waals surface area contributed by atoms with Crippen LogP contribution in [0.2, 0.25) is 0 Å². The number of hydrogen-bond acceptors (Lipinski definition) is 6. The minimum atomic E-state index is -0.244. The molecule has 0 fully saturated rings. The molecule has 4 aromatic rings. The van der Waals surface area contributed by atoms with E-state index in [0.29, 0.717) is 22.3 Å². The highest BCUT2D eigenvalue weighted by atomic mass is 32.1. The second kappa shape index (κ2) is 6.81. The Morgan fingerprint density at radius 3 is 2.69 bits per heavy atom. The largest absolute Gasteiger partial charge is 0.493 e. The number of nitrogens with one attached hydrogen (secondary N) is 2. The van der Waals surface area contributed by atoms with Crippen LogP contribution in [-0.4, -0.2) is 30.1 Å². The number of aromatic nitrogens is 2. The second-order valence-electron chi connectivity index (χ2n) is 5.45. The number of anilines is 1. The number of aromatic amines is 1. The van der Waals surface area contributed by atoms with Crippen LogP contribution in [0.5, 0.6) is 11.5 Å². The molecule has 0 radical (unpaired) electrons. The summed E-state index contributed by atoms with van der Waals surface area (Å²) in [5.74, 6) is 0.979. The minimum absolute atomic E-state index is 0.244. The Hall–Kier alpha value is -2.84. The fraction of sp³-hybridized carbons (Fsp3) is 0.111. The summed E-state index contributed by atoms with van der Waals surface area (Å²) < 4.78 is 10.6. The van der Waals surface area contributed by atoms with Crippen LogP contribution in [0.15, 0.2) is 41.1 Å². The zero-order valence-corrected chi connectivity index (χ0v) is 15.7. The highest BCUT2D eigenvalue weighted by Gasteiger charge is 2.15. The number of thiophene rings is 1. The Bertz CT molecular complexity index is 1030. The molecule has 0 saturated carbocycles. The van der Waals surface area contributed by atoms with Gasteiger partial charge in [-0.2, -0.15) is 0 Å². The van der Waals surface area contributed by atoms with Gasteiger partial charge in [-0.25, -0.2) is 4.98 Å². The van der Waals surface area contributed by atoms with Gasteiger partial charge >= 0.3 is 0 Å². The van der Waals surface area contributed by atoms with Gasteiger partial charge in [0, 0.05) is 22.3 Å². The number of carbonyl (C=O) groups excluding carboxylic acids is 1. The molecule has 6 nitrogen and oxygen atoms in total. The molecule has 0 bridgehead atoms. The van der Waals surface area contributed by atoms with Crippen molar-refractivity contribution in [3.63, 3.8) is 0 Å². The van der Waals surface area contributed by atoms with Gasteiger partial charge in [0.1, 0.15) is 5.69 Å². The van der Waals surface area contributed by atoms with Gasteiger partial charge in [0.15, 0.2) is 16.6 Å². The Balaban J connectivity index is 1.58. The fourth-order valence-electron chi connectivity index (χ4n) is 2.61. The van der Waals surface area contributed by atoms with E-state index < -0.39 is 0 Å². The lowest BCUT2D eigenvalue weighted by atomic mass is 10.2. The summed E-state index contributed by atoms with van der Waals surface area (Å²) in [6.45, 7) is 0. The number of amides is 1. The van der Waals surface area contributed by atoms with Crippen molar-refractivity contribution in [3.05, 3.63) is 46.8 Å². The van der Waals surface area contributed by atoms with Crippen molar-refractivity contribution in [1.82, 2.24) is 9.97 Å². The van der Waals surface area contributed by atoms with E-state index in [0.717, 1.165) is 21.5 Å². The molecular weight excluding hydrogens is 370 g/mol. The zero-order chi connectivity index (χ0) is 18.1. The van der Waals surface area contributed by atoms with Crippen molar-refractivity contribution in [2.45, 2.75) is 0 Å². The molecule has 1 aromatic carbocycles. The normalized spacial score (nSPS) is 10.8. The van der Waals surface area contributed by atoms with E-state index in [1.807, 2.05) is 35.0 Å². The molecule has 0 aliphatic heterocycles. The molecule has 132 valence electrons. The van der Waals surface area contributed by atoms with Gasteiger partial charge in [0.25, 0.3) is 5.91 Å². The van der Waals surface area contributed by atoms with Gasteiger partial charge in [0.2, 0.25) is 0 Å². The van der Waals surface area contributed by atoms with Gasteiger partial charge in [-0.05, 0) is 23.6 Å². The first-order chi connectivity index (χ1) is 12.7. The maximum absolute atomic E-state index is 12.6. The third kappa shape index (κ3) is 3.04. The molecule has 3 heterocycles. The number of benzene rings is 1. The van der Waals surface area contributed by atoms with Crippen molar-refractivity contribution < 1.29 is 14.3 Å². The molecule has 0 aliphatic rings. The van der Waals surface area contributed by atoms with Crippen LogP contribution in [-0.2, 0) is 0 Å². The Morgan fingerprint density at radius 2 is 1.96 bits per heavy atom. The highest BCUT2D eigenvalue weighted by molar-refractivity contribution is 7.16. The average molecular weight is 385 g/mol. The molecule has 0 spiro atoms. The van der Waals surface area contributed by atoms with Crippen molar-refractivity contribution in [2.24, 2.45) is 0 Å². The van der Waals surface area contributed by atoms with E-state index in [1.165, 1.54) is 11.3 Å². The molecule has 0 aliphatic carbocycles. The van der Waals surface area contributed by atoms with Crippen LogP contribution >= 0.6 is 22.7 Å². The Labute approximate surface area is 157 Å². The number of hydrogen-bond donors (Lipinski definition) is 2. The molecule has 0 saturated heterocycles. The molecule has 3 aromatic heterocycles. The monoisotopic (exact) mass is 385 g/mol. The van der Waals surface area contributed by atoms with Crippen molar-refractivity contribution >= 4 is 44.6 Å². The maximum atomic E-state index is 12.6. The SMILES string of the molecule is COc1cc2cc(C(=O)Nc3nc(-c4cccs4)cs3)[nH]c2cc1OC. The van der Waals surface area contributed by atoms with Crippen LogP contribution in [0, 0.1) is 0 Å². The summed E-state index contributed by atoms with van der Waals surface area (Å²) in [5.41, 5.74) is 2.11. The van der Waals surface area contributed by atoms with Crippen LogP contribution < -0.4 is 14.8 Å². The van der Waals surface area contributed by atoms with Gasteiger partial charge in [-0.1, -0.05) is 6.07 Å². The fourth-order valence-corrected chi connectivity index (χ4v) is 4.08. The first-order valence-corrected chi connectivity index (χ1v) is 9.49. The van der Waals surface area contributed by atoms with E-state index in [2.05, 4.69) is 15.3 Å². The number of fused-ring (bicyclic) bond motifs is 1. The lowest BCUT2D eigenvalue weighted by Gasteiger charge is -2.06. The van der Waals surface area contributed by atoms with Gasteiger partial charge < -0.3 is 14.5 Å². The molecule has 1 amide bonds. The van der Waals surface area contributed by atoms with E-state index in [1.54, 1.807) is 31.6 Å². The third-order valence-corrected chi connectivity index (χ3v) is 5.52. The Morgan fingerprint density at radius 1 is 1.15 bits per heavy atom. The molecule has 8 heteroatoms. The molecule has 4 rings (SSSR count). The van der Waals surface area contributed by atoms with Crippen LogP contribution in [0.4, 0.5) is 5.13 Å². The number of thiazole rings is 1. The number of ether oxygens (including phenoxy) is 2. The minimum Gasteiger partial charge on any atom is -0.493 e. The summed E-state index contributed by atoms with van der Waals surface area (Å²) in [7, 11) is 3.16. The topological polar surface area (TPSA) is 76.2 Å². The first kappa shape index (κ1) is 16.6. The van der Waals surface area contributed by atoms with Crippen LogP contribution in [0.25, 0.3) is 21.5 Å². The highest BCUT2D eigenvalue weighted by Crippen LogP contribution is 2.33. The van der Waals surface area contributed by atoms with Crippen molar-refractivity contribution in [2.75, 3.05) is 19.5 Å². The van der Waals surface area contributed by atoms with Gasteiger partial charge in [-0.15, -0.1) is 22.7 Å². The predicted molar refractivity (Wildman–Crippen MR) is 105 cm³/mol. The zero-order valence-electron chi connectivity index (χ0n) is 14.0. The quantitative estimate of drug-likeness (QED) is 0.525. The van der Waals surface area contributed by atoms with Gasteiger partial charge in [0.05, 0.1) is 24.8 Å². The average Bonchev–Trinajstić information content (AvgIpc) is 3.39. The van der Waals surface area contributed by atoms with E-state index in [-0.39, 0.29) is 5.91 Å². The van der Waals surface area contributed by atoms with Crippen molar-refractivity contribution in [1.29, 1.82) is 0 Å². The lowest BCUT2D eigenvalue weighted by Crippen LogP contribution is -2.11. The molecular formula is C18H15N3O3S2. The summed E-state index contributed by atoms with van der Waals surface area (Å²) >= 11 is 3.02. The first-order valence-electron chi connectivity index (χ1n) is 7.73. The van der Waals surface area contributed by atoms with E-state index in [4.69, 9.17) is 9.47 Å². The summed E-state index contributed by atoms with van der Waals surface area (Å²) in [6, 6.07) is 9.40. The number of methoxy groups -OCH3 is 2. The van der Waals surface area contributed by atoms with E-state index in [9.17, 15) is 4.79 Å². The number of carbonyl (C=O) groups is 1. The Kier molecular flexibility index (Phi) is 4.36. The second-order valence-corrected chi connectivity index (χ2v) is 7.25. The smallest absolute Gasteiger partial charge is 0.273 e. The standard InChI is InChI=1S/C18H15N3O3S2/c1-23-14-7-10-6-12(19-11(10)8-15(14)24-2)17(22)21-18-20-13(9-26-18)16-4-3-5-25-16/h3-9,19H,1-2H3,(H,20,21,22). The van der Waals surface area contributed by atoms with Crippen molar-refractivity contribution in [3.8, 4) is 22.1 Å². The summed E-state index contributed by atoms with van der Waals surface area (Å²) in [6.07, 6.45) is 0. The predicted octanol–water partition coefficient (Wildman–Crippen LogP) is 4.62. The molecule has 0 atom stereocenters. The van der Waals surface area contributed by atoms with E-state index >= 15 is 0 Å². The lowest BCUT2D eigenvalue weighted by molar-refractivity contribution is 0.102. The molecule has 26 heavy (non-hydrogen) atoms. The molecule has 0 unspecified atom stereocenters. The maximum Gasteiger partial charge on any atom is 0.273 e. The third-order valence-electron chi connectivity index (χ3n) is 3.87. The van der Waals surface area contributed by atoms with Crippen LogP contribution in [0.3, 0.4) is 0 Å². The number of nitrogens with zero attached hydrogens (tertiary/aromatic N) is 1. The molecule has 2 N–H and O–H groups in total. The van der Waals surface area contributed by atoms with Crippen LogP contribution in [0.1, 0.15) is 10.5 Å².